The van der Waals surface area contributed by atoms with Crippen LogP contribution in [0.3, 0.4) is 0 Å². The van der Waals surface area contributed by atoms with Gasteiger partial charge in [-0.1, -0.05) is 12.2 Å². The minimum absolute atomic E-state index is 0.00280. The first-order valence-corrected chi connectivity index (χ1v) is 5.76. The molecular formula is C10H18N2O2S. The smallest absolute Gasteiger partial charge is 0.220 e. The van der Waals surface area contributed by atoms with Crippen molar-refractivity contribution in [1.29, 1.82) is 0 Å². The molecule has 3 N–H and O–H groups in total. The highest BCUT2D eigenvalue weighted by molar-refractivity contribution is 7.80. The molecule has 5 heteroatoms. The Balaban J connectivity index is 2.07. The number of rotatable bonds is 5. The molecule has 1 amide bonds. The first-order chi connectivity index (χ1) is 7.18. The van der Waals surface area contributed by atoms with Gasteiger partial charge in [0.1, 0.15) is 0 Å². The van der Waals surface area contributed by atoms with Crippen molar-refractivity contribution in [1.82, 2.24) is 5.32 Å². The molecule has 0 aromatic carbocycles. The van der Waals surface area contributed by atoms with E-state index in [4.69, 9.17) is 10.5 Å². The van der Waals surface area contributed by atoms with Crippen LogP contribution in [0.5, 0.6) is 0 Å². The fraction of sp³-hybridized carbons (Fsp3) is 0.800. The Bertz CT molecular complexity index is 227. The van der Waals surface area contributed by atoms with Gasteiger partial charge in [0.05, 0.1) is 17.6 Å². The maximum absolute atomic E-state index is 11.3. The van der Waals surface area contributed by atoms with Crippen molar-refractivity contribution in [3.63, 3.8) is 0 Å². The Labute approximate surface area is 95.5 Å². The SMILES string of the molecule is NC(=S)CNC(=O)CCC1CCCCO1. The van der Waals surface area contributed by atoms with Gasteiger partial charge < -0.3 is 15.8 Å². The Hall–Kier alpha value is -0.680. The lowest BCUT2D eigenvalue weighted by atomic mass is 10.0. The van der Waals surface area contributed by atoms with Crippen LogP contribution < -0.4 is 11.1 Å². The Morgan fingerprint density at radius 1 is 1.53 bits per heavy atom. The van der Waals surface area contributed by atoms with E-state index in [0.717, 1.165) is 25.9 Å². The second-order valence-corrected chi connectivity index (χ2v) is 4.29. The van der Waals surface area contributed by atoms with Gasteiger partial charge in [0.25, 0.3) is 0 Å². The molecule has 1 aliphatic rings. The van der Waals surface area contributed by atoms with E-state index in [2.05, 4.69) is 17.5 Å². The molecule has 0 radical (unpaired) electrons. The van der Waals surface area contributed by atoms with Crippen LogP contribution >= 0.6 is 12.2 Å². The summed E-state index contributed by atoms with van der Waals surface area (Å²) in [5.41, 5.74) is 5.27. The van der Waals surface area contributed by atoms with Crippen LogP contribution in [-0.2, 0) is 9.53 Å². The number of carbonyl (C=O) groups is 1. The third-order valence-corrected chi connectivity index (χ3v) is 2.57. The highest BCUT2D eigenvalue weighted by Crippen LogP contribution is 2.16. The fourth-order valence-electron chi connectivity index (χ4n) is 1.60. The van der Waals surface area contributed by atoms with Crippen molar-refractivity contribution in [3.8, 4) is 0 Å². The van der Waals surface area contributed by atoms with Gasteiger partial charge in [-0.05, 0) is 25.7 Å². The predicted octanol–water partition coefficient (Wildman–Crippen LogP) is 0.738. The summed E-state index contributed by atoms with van der Waals surface area (Å²) < 4.78 is 5.52. The summed E-state index contributed by atoms with van der Waals surface area (Å²) in [7, 11) is 0. The standard InChI is InChI=1S/C10H18N2O2S/c11-9(15)7-12-10(13)5-4-8-3-1-2-6-14-8/h8H,1-7H2,(H2,11,15)(H,12,13). The number of ether oxygens (including phenoxy) is 1. The topological polar surface area (TPSA) is 64.3 Å². The summed E-state index contributed by atoms with van der Waals surface area (Å²) in [6, 6.07) is 0. The third-order valence-electron chi connectivity index (χ3n) is 2.43. The Morgan fingerprint density at radius 2 is 2.33 bits per heavy atom. The van der Waals surface area contributed by atoms with Gasteiger partial charge in [0.2, 0.25) is 5.91 Å². The molecular weight excluding hydrogens is 212 g/mol. The van der Waals surface area contributed by atoms with E-state index in [0.29, 0.717) is 18.0 Å². The lowest BCUT2D eigenvalue weighted by Gasteiger charge is -2.22. The number of amides is 1. The molecule has 0 spiro atoms. The molecule has 0 aromatic rings. The zero-order valence-electron chi connectivity index (χ0n) is 8.83. The van der Waals surface area contributed by atoms with E-state index in [1.165, 1.54) is 6.42 Å². The molecule has 1 fully saturated rings. The van der Waals surface area contributed by atoms with E-state index in [1.54, 1.807) is 0 Å². The van der Waals surface area contributed by atoms with E-state index < -0.39 is 0 Å². The van der Waals surface area contributed by atoms with E-state index in [-0.39, 0.29) is 12.0 Å². The first kappa shape index (κ1) is 12.4. The fourth-order valence-corrected chi connectivity index (χ4v) is 1.67. The maximum Gasteiger partial charge on any atom is 0.220 e. The minimum Gasteiger partial charge on any atom is -0.392 e. The molecule has 0 bridgehead atoms. The predicted molar refractivity (Wildman–Crippen MR) is 62.6 cm³/mol. The van der Waals surface area contributed by atoms with E-state index in [1.807, 2.05) is 0 Å². The van der Waals surface area contributed by atoms with Gasteiger partial charge in [-0.2, -0.15) is 0 Å². The van der Waals surface area contributed by atoms with Crippen LogP contribution in [0, 0.1) is 0 Å². The average Bonchev–Trinajstić information content (AvgIpc) is 2.25. The minimum atomic E-state index is -0.00280. The largest absolute Gasteiger partial charge is 0.392 e. The van der Waals surface area contributed by atoms with Crippen LogP contribution in [0.2, 0.25) is 0 Å². The first-order valence-electron chi connectivity index (χ1n) is 5.35. The van der Waals surface area contributed by atoms with Crippen molar-refractivity contribution in [2.24, 2.45) is 5.73 Å². The summed E-state index contributed by atoms with van der Waals surface area (Å²) in [5, 5.41) is 2.66. The molecule has 0 saturated carbocycles. The molecule has 0 aromatic heterocycles. The number of hydrogen-bond acceptors (Lipinski definition) is 3. The monoisotopic (exact) mass is 230 g/mol. The van der Waals surface area contributed by atoms with Gasteiger partial charge in [0, 0.05) is 13.0 Å². The van der Waals surface area contributed by atoms with Gasteiger partial charge >= 0.3 is 0 Å². The quantitative estimate of drug-likeness (QED) is 0.684. The highest BCUT2D eigenvalue weighted by atomic mass is 32.1. The van der Waals surface area contributed by atoms with E-state index >= 15 is 0 Å². The number of nitrogens with one attached hydrogen (secondary N) is 1. The summed E-state index contributed by atoms with van der Waals surface area (Å²) in [6.45, 7) is 1.12. The molecule has 1 rings (SSSR count). The second kappa shape index (κ2) is 6.74. The molecule has 0 aliphatic carbocycles. The summed E-state index contributed by atoms with van der Waals surface area (Å²) in [5.74, 6) is -0.00280. The Kier molecular flexibility index (Phi) is 5.57. The van der Waals surface area contributed by atoms with Crippen molar-refractivity contribution < 1.29 is 9.53 Å². The zero-order valence-corrected chi connectivity index (χ0v) is 9.65. The normalized spacial score (nSPS) is 20.9. The lowest BCUT2D eigenvalue weighted by Crippen LogP contribution is -2.33. The number of nitrogens with two attached hydrogens (primary N) is 1. The van der Waals surface area contributed by atoms with Gasteiger partial charge in [0.15, 0.2) is 0 Å². The molecule has 1 saturated heterocycles. The molecule has 4 nitrogen and oxygen atoms in total. The van der Waals surface area contributed by atoms with Crippen molar-refractivity contribution in [2.75, 3.05) is 13.2 Å². The van der Waals surface area contributed by atoms with Crippen LogP contribution in [0.4, 0.5) is 0 Å². The highest BCUT2D eigenvalue weighted by Gasteiger charge is 2.14. The molecule has 1 heterocycles. The summed E-state index contributed by atoms with van der Waals surface area (Å²) in [4.78, 5) is 11.6. The number of carbonyl (C=O) groups excluding carboxylic acids is 1. The third kappa shape index (κ3) is 5.69. The molecule has 15 heavy (non-hydrogen) atoms. The van der Waals surface area contributed by atoms with Gasteiger partial charge in [-0.15, -0.1) is 0 Å². The van der Waals surface area contributed by atoms with Crippen LogP contribution in [0.15, 0.2) is 0 Å². The van der Waals surface area contributed by atoms with Crippen molar-refractivity contribution in [3.05, 3.63) is 0 Å². The maximum atomic E-state index is 11.3. The molecule has 1 aliphatic heterocycles. The number of hydrogen-bond donors (Lipinski definition) is 2. The summed E-state index contributed by atoms with van der Waals surface area (Å²) >= 11 is 4.66. The molecule has 86 valence electrons. The Morgan fingerprint density at radius 3 is 2.93 bits per heavy atom. The van der Waals surface area contributed by atoms with Crippen LogP contribution in [-0.4, -0.2) is 30.2 Å². The van der Waals surface area contributed by atoms with Gasteiger partial charge in [-0.3, -0.25) is 4.79 Å². The molecule has 1 atom stereocenters. The lowest BCUT2D eigenvalue weighted by molar-refractivity contribution is -0.121. The number of thiocarbonyl (C=S) groups is 1. The average molecular weight is 230 g/mol. The van der Waals surface area contributed by atoms with Crippen LogP contribution in [0.1, 0.15) is 32.1 Å². The second-order valence-electron chi connectivity index (χ2n) is 3.77. The zero-order chi connectivity index (χ0) is 11.1. The van der Waals surface area contributed by atoms with Crippen molar-refractivity contribution in [2.45, 2.75) is 38.2 Å². The summed E-state index contributed by atoms with van der Waals surface area (Å²) in [6.07, 6.45) is 4.97. The van der Waals surface area contributed by atoms with Crippen LogP contribution in [0.25, 0.3) is 0 Å². The van der Waals surface area contributed by atoms with E-state index in [9.17, 15) is 4.79 Å². The van der Waals surface area contributed by atoms with Gasteiger partial charge in [-0.25, -0.2) is 0 Å². The van der Waals surface area contributed by atoms with Crippen molar-refractivity contribution >= 4 is 23.1 Å². The molecule has 1 unspecified atom stereocenters.